The van der Waals surface area contributed by atoms with Crippen LogP contribution in [0.2, 0.25) is 0 Å². The molecule has 3 rings (SSSR count). The van der Waals surface area contributed by atoms with Crippen LogP contribution in [-0.4, -0.2) is 31.6 Å². The fraction of sp³-hybridized carbons (Fsp3) is 0.562. The van der Waals surface area contributed by atoms with Crippen LogP contribution in [0.15, 0.2) is 24.3 Å². The zero-order valence-electron chi connectivity index (χ0n) is 12.1. The van der Waals surface area contributed by atoms with Crippen LogP contribution in [-0.2, 0) is 4.79 Å². The Labute approximate surface area is 119 Å². The number of para-hydroxylation sites is 1. The summed E-state index contributed by atoms with van der Waals surface area (Å²) in [7, 11) is 0. The molecule has 20 heavy (non-hydrogen) atoms. The van der Waals surface area contributed by atoms with Gasteiger partial charge in [-0.3, -0.25) is 4.79 Å². The molecule has 0 bridgehead atoms. The maximum atomic E-state index is 12.1. The third kappa shape index (κ3) is 2.66. The van der Waals surface area contributed by atoms with E-state index in [0.717, 1.165) is 24.4 Å². The molecule has 1 heterocycles. The second kappa shape index (κ2) is 5.44. The number of benzene rings is 1. The van der Waals surface area contributed by atoms with E-state index in [1.807, 2.05) is 38.1 Å². The van der Waals surface area contributed by atoms with Crippen molar-refractivity contribution in [1.82, 2.24) is 10.6 Å². The molecule has 2 aliphatic rings. The number of amides is 1. The van der Waals surface area contributed by atoms with E-state index in [2.05, 4.69) is 10.6 Å². The monoisotopic (exact) mass is 274 g/mol. The van der Waals surface area contributed by atoms with E-state index >= 15 is 0 Å². The van der Waals surface area contributed by atoms with Crippen molar-refractivity contribution in [1.29, 1.82) is 0 Å². The zero-order valence-corrected chi connectivity index (χ0v) is 12.1. The number of nitrogens with one attached hydrogen (secondary N) is 2. The maximum Gasteiger partial charge on any atom is 0.224 e. The summed E-state index contributed by atoms with van der Waals surface area (Å²) in [6, 6.07) is 7.98. The van der Waals surface area contributed by atoms with E-state index in [-0.39, 0.29) is 17.9 Å². The summed E-state index contributed by atoms with van der Waals surface area (Å²) in [5.74, 6) is 2.46. The molecule has 1 aliphatic carbocycles. The van der Waals surface area contributed by atoms with Gasteiger partial charge in [0.15, 0.2) is 0 Å². The topological polar surface area (TPSA) is 50.4 Å². The van der Waals surface area contributed by atoms with Gasteiger partial charge in [-0.25, -0.2) is 0 Å². The van der Waals surface area contributed by atoms with Crippen LogP contribution in [0.3, 0.4) is 0 Å². The Bertz CT molecular complexity index is 493. The number of carbonyl (C=O) groups excluding carboxylic acids is 1. The normalized spacial score (nSPS) is 28.6. The summed E-state index contributed by atoms with van der Waals surface area (Å²) in [5, 5.41) is 6.38. The minimum atomic E-state index is 0.0383. The average Bonchev–Trinajstić information content (AvgIpc) is 2.92. The Hall–Kier alpha value is -1.55. The van der Waals surface area contributed by atoms with Crippen LogP contribution in [0.1, 0.15) is 12.5 Å². The average molecular weight is 274 g/mol. The fourth-order valence-corrected chi connectivity index (χ4v) is 3.12. The third-order valence-electron chi connectivity index (χ3n) is 4.37. The molecule has 1 saturated heterocycles. The van der Waals surface area contributed by atoms with E-state index in [9.17, 15) is 4.79 Å². The third-order valence-corrected chi connectivity index (χ3v) is 4.37. The molecule has 108 valence electrons. The molecule has 1 saturated carbocycles. The highest BCUT2D eigenvalue weighted by molar-refractivity contribution is 5.82. The van der Waals surface area contributed by atoms with Gasteiger partial charge in [-0.15, -0.1) is 0 Å². The number of fused-ring (bicyclic) bond motifs is 1. The van der Waals surface area contributed by atoms with Gasteiger partial charge in [0.25, 0.3) is 0 Å². The Balaban J connectivity index is 1.45. The summed E-state index contributed by atoms with van der Waals surface area (Å²) >= 11 is 0. The van der Waals surface area contributed by atoms with Gasteiger partial charge in [0.05, 0.1) is 6.04 Å². The van der Waals surface area contributed by atoms with Crippen molar-refractivity contribution in [2.24, 2.45) is 17.8 Å². The molecule has 4 nitrogen and oxygen atoms in total. The minimum absolute atomic E-state index is 0.0383. The van der Waals surface area contributed by atoms with Crippen LogP contribution in [0.4, 0.5) is 0 Å². The Morgan fingerprint density at radius 2 is 2.10 bits per heavy atom. The van der Waals surface area contributed by atoms with Gasteiger partial charge < -0.3 is 15.4 Å². The molecule has 2 N–H and O–H groups in total. The lowest BCUT2D eigenvalue weighted by Crippen LogP contribution is -2.39. The summed E-state index contributed by atoms with van der Waals surface area (Å²) in [5.41, 5.74) is 1.12. The summed E-state index contributed by atoms with van der Waals surface area (Å²) in [6.07, 6.45) is 0. The second-order valence-electron chi connectivity index (χ2n) is 6.00. The second-order valence-corrected chi connectivity index (χ2v) is 6.00. The first-order valence-corrected chi connectivity index (χ1v) is 7.36. The molecular weight excluding hydrogens is 252 g/mol. The van der Waals surface area contributed by atoms with Crippen molar-refractivity contribution in [2.45, 2.75) is 19.9 Å². The number of piperidine rings is 1. The molecule has 0 spiro atoms. The van der Waals surface area contributed by atoms with Crippen molar-refractivity contribution in [3.05, 3.63) is 29.8 Å². The van der Waals surface area contributed by atoms with Crippen LogP contribution in [0.5, 0.6) is 5.75 Å². The lowest BCUT2D eigenvalue weighted by Gasteiger charge is -2.16. The van der Waals surface area contributed by atoms with Gasteiger partial charge in [0.2, 0.25) is 5.91 Å². The largest absolute Gasteiger partial charge is 0.491 e. The highest BCUT2D eigenvalue weighted by atomic mass is 16.5. The standard InChI is InChI=1S/C16H22N2O2/c1-10-5-3-4-6-14(10)20-9-11(2)18-16(19)15-12-7-17-8-13(12)15/h3-6,11-13,15,17H,7-9H2,1-2H3,(H,18,19)/t11?,12-,13+,15+. The lowest BCUT2D eigenvalue weighted by atomic mass is 10.2. The van der Waals surface area contributed by atoms with Crippen LogP contribution in [0.25, 0.3) is 0 Å². The number of aryl methyl sites for hydroxylation is 1. The van der Waals surface area contributed by atoms with Gasteiger partial charge in [-0.1, -0.05) is 18.2 Å². The number of hydrogen-bond donors (Lipinski definition) is 2. The van der Waals surface area contributed by atoms with Crippen molar-refractivity contribution in [3.63, 3.8) is 0 Å². The Morgan fingerprint density at radius 1 is 1.40 bits per heavy atom. The molecule has 1 amide bonds. The van der Waals surface area contributed by atoms with Crippen molar-refractivity contribution >= 4 is 5.91 Å². The molecule has 4 atom stereocenters. The molecule has 1 unspecified atom stereocenters. The Kier molecular flexibility index (Phi) is 3.66. The number of hydrogen-bond acceptors (Lipinski definition) is 3. The highest BCUT2D eigenvalue weighted by Gasteiger charge is 2.56. The number of carbonyl (C=O) groups is 1. The van der Waals surface area contributed by atoms with Crippen molar-refractivity contribution in [3.8, 4) is 5.75 Å². The first-order chi connectivity index (χ1) is 9.66. The highest BCUT2D eigenvalue weighted by Crippen LogP contribution is 2.48. The van der Waals surface area contributed by atoms with Crippen LogP contribution in [0, 0.1) is 24.7 Å². The quantitative estimate of drug-likeness (QED) is 0.852. The SMILES string of the molecule is Cc1ccccc1OCC(C)NC(=O)[C@H]1[C@@H]2CNC[C@@H]21. The molecule has 1 aliphatic heterocycles. The maximum absolute atomic E-state index is 12.1. The summed E-state index contributed by atoms with van der Waals surface area (Å²) in [6.45, 7) is 6.52. The van der Waals surface area contributed by atoms with Crippen LogP contribution < -0.4 is 15.4 Å². The Morgan fingerprint density at radius 3 is 2.80 bits per heavy atom. The van der Waals surface area contributed by atoms with E-state index in [4.69, 9.17) is 4.74 Å². The lowest BCUT2D eigenvalue weighted by molar-refractivity contribution is -0.123. The van der Waals surface area contributed by atoms with Crippen molar-refractivity contribution in [2.75, 3.05) is 19.7 Å². The van der Waals surface area contributed by atoms with E-state index in [1.54, 1.807) is 0 Å². The van der Waals surface area contributed by atoms with E-state index in [0.29, 0.717) is 18.4 Å². The summed E-state index contributed by atoms with van der Waals surface area (Å²) in [4.78, 5) is 12.1. The summed E-state index contributed by atoms with van der Waals surface area (Å²) < 4.78 is 5.77. The number of rotatable bonds is 5. The van der Waals surface area contributed by atoms with E-state index < -0.39 is 0 Å². The van der Waals surface area contributed by atoms with Crippen molar-refractivity contribution < 1.29 is 9.53 Å². The van der Waals surface area contributed by atoms with Gasteiger partial charge in [-0.05, 0) is 50.4 Å². The molecule has 1 aromatic carbocycles. The first kappa shape index (κ1) is 13.4. The predicted molar refractivity (Wildman–Crippen MR) is 77.6 cm³/mol. The molecule has 1 aromatic rings. The molecule has 0 aromatic heterocycles. The van der Waals surface area contributed by atoms with Crippen LogP contribution >= 0.6 is 0 Å². The molecule has 4 heteroatoms. The van der Waals surface area contributed by atoms with E-state index in [1.165, 1.54) is 0 Å². The molecule has 2 fully saturated rings. The van der Waals surface area contributed by atoms with Gasteiger partial charge in [-0.2, -0.15) is 0 Å². The zero-order chi connectivity index (χ0) is 14.1. The van der Waals surface area contributed by atoms with Gasteiger partial charge >= 0.3 is 0 Å². The number of ether oxygens (including phenoxy) is 1. The first-order valence-electron chi connectivity index (χ1n) is 7.36. The smallest absolute Gasteiger partial charge is 0.224 e. The molecule has 0 radical (unpaired) electrons. The molecular formula is C16H22N2O2. The minimum Gasteiger partial charge on any atom is -0.491 e. The van der Waals surface area contributed by atoms with Gasteiger partial charge in [0.1, 0.15) is 12.4 Å². The van der Waals surface area contributed by atoms with Gasteiger partial charge in [0, 0.05) is 5.92 Å². The predicted octanol–water partition coefficient (Wildman–Crippen LogP) is 1.34. The fourth-order valence-electron chi connectivity index (χ4n) is 3.12.